The van der Waals surface area contributed by atoms with Crippen LogP contribution in [0, 0.1) is 0 Å². The highest BCUT2D eigenvalue weighted by molar-refractivity contribution is 5.72. The molecule has 0 N–H and O–H groups in total. The normalized spacial score (nSPS) is 18.9. The lowest BCUT2D eigenvalue weighted by atomic mass is 9.99. The molecule has 0 radical (unpaired) electrons. The zero-order chi connectivity index (χ0) is 8.84. The average Bonchev–Trinajstić information content (AvgIpc) is 2.70. The first-order valence-electron chi connectivity index (χ1n) is 5.18. The summed E-state index contributed by atoms with van der Waals surface area (Å²) in [7, 11) is 0. The number of aryl methyl sites for hydroxylation is 1. The lowest BCUT2D eigenvalue weighted by Gasteiger charge is -2.06. The summed E-state index contributed by atoms with van der Waals surface area (Å²) in [6.07, 6.45) is 6.41. The molecule has 0 fully saturated rings. The van der Waals surface area contributed by atoms with E-state index in [0.29, 0.717) is 0 Å². The van der Waals surface area contributed by atoms with E-state index >= 15 is 0 Å². The van der Waals surface area contributed by atoms with Gasteiger partial charge in [0.15, 0.2) is 0 Å². The van der Waals surface area contributed by atoms with Crippen LogP contribution in [0.1, 0.15) is 35.1 Å². The number of hydrogen-bond acceptors (Lipinski definition) is 0. The van der Waals surface area contributed by atoms with Crippen molar-refractivity contribution in [2.45, 2.75) is 32.1 Å². The molecule has 2 aliphatic carbocycles. The smallest absolute Gasteiger partial charge is 0.0195 e. The van der Waals surface area contributed by atoms with E-state index in [9.17, 15) is 0 Å². The summed E-state index contributed by atoms with van der Waals surface area (Å²) in [5.41, 5.74) is 7.70. The molecule has 0 bridgehead atoms. The topological polar surface area (TPSA) is 0 Å². The molecule has 1 aromatic rings. The molecule has 0 saturated heterocycles. The van der Waals surface area contributed by atoms with Crippen molar-refractivity contribution < 1.29 is 0 Å². The molecular formula is C13H14. The van der Waals surface area contributed by atoms with Gasteiger partial charge in [0.05, 0.1) is 0 Å². The Bertz CT molecular complexity index is 385. The molecule has 0 heterocycles. The number of allylic oxidation sites excluding steroid dienone is 1. The fraction of sp³-hybridized carbons (Fsp3) is 0.385. The van der Waals surface area contributed by atoms with Gasteiger partial charge in [-0.25, -0.2) is 0 Å². The summed E-state index contributed by atoms with van der Waals surface area (Å²) in [5.74, 6) is 0. The molecule has 2 aliphatic rings. The standard InChI is InChI=1S/C13H14/c1-9-5-7-13-11(9)8-6-10-3-2-4-12(10)13/h6,8H,1-5,7H2. The molecule has 0 atom stereocenters. The average molecular weight is 170 g/mol. The van der Waals surface area contributed by atoms with E-state index < -0.39 is 0 Å². The van der Waals surface area contributed by atoms with Crippen molar-refractivity contribution in [3.05, 3.63) is 41.0 Å². The van der Waals surface area contributed by atoms with Crippen LogP contribution in [0.5, 0.6) is 0 Å². The highest BCUT2D eigenvalue weighted by Crippen LogP contribution is 2.37. The van der Waals surface area contributed by atoms with Crippen molar-refractivity contribution in [3.63, 3.8) is 0 Å². The van der Waals surface area contributed by atoms with E-state index in [2.05, 4.69) is 18.7 Å². The Hall–Kier alpha value is -1.04. The Balaban J connectivity index is 2.26. The van der Waals surface area contributed by atoms with Crippen molar-refractivity contribution in [3.8, 4) is 0 Å². The molecule has 0 aromatic heterocycles. The Morgan fingerprint density at radius 2 is 1.85 bits per heavy atom. The molecule has 0 saturated carbocycles. The molecule has 0 heteroatoms. The van der Waals surface area contributed by atoms with Crippen molar-refractivity contribution >= 4 is 5.57 Å². The molecule has 0 spiro atoms. The molecule has 0 unspecified atom stereocenters. The largest absolute Gasteiger partial charge is 0.0952 e. The van der Waals surface area contributed by atoms with Gasteiger partial charge in [-0.15, -0.1) is 0 Å². The molecular weight excluding hydrogens is 156 g/mol. The third kappa shape index (κ3) is 0.918. The maximum atomic E-state index is 4.12. The Morgan fingerprint density at radius 3 is 2.77 bits per heavy atom. The summed E-state index contributed by atoms with van der Waals surface area (Å²) < 4.78 is 0. The zero-order valence-corrected chi connectivity index (χ0v) is 7.90. The summed E-state index contributed by atoms with van der Waals surface area (Å²) in [5, 5.41) is 0. The van der Waals surface area contributed by atoms with E-state index in [0.717, 1.165) is 0 Å². The lowest BCUT2D eigenvalue weighted by Crippen LogP contribution is -1.91. The molecule has 0 aliphatic heterocycles. The summed E-state index contributed by atoms with van der Waals surface area (Å²) in [4.78, 5) is 0. The van der Waals surface area contributed by atoms with Gasteiger partial charge in [0.25, 0.3) is 0 Å². The van der Waals surface area contributed by atoms with Crippen molar-refractivity contribution in [1.82, 2.24) is 0 Å². The predicted octanol–water partition coefficient (Wildman–Crippen LogP) is 3.13. The van der Waals surface area contributed by atoms with E-state index in [4.69, 9.17) is 0 Å². The van der Waals surface area contributed by atoms with Crippen LogP contribution < -0.4 is 0 Å². The van der Waals surface area contributed by atoms with Crippen molar-refractivity contribution in [2.75, 3.05) is 0 Å². The first-order valence-corrected chi connectivity index (χ1v) is 5.18. The van der Waals surface area contributed by atoms with Crippen LogP contribution in [-0.4, -0.2) is 0 Å². The molecule has 13 heavy (non-hydrogen) atoms. The maximum Gasteiger partial charge on any atom is -0.0195 e. The van der Waals surface area contributed by atoms with Crippen LogP contribution in [0.2, 0.25) is 0 Å². The number of benzene rings is 1. The Morgan fingerprint density at radius 1 is 0.923 bits per heavy atom. The highest BCUT2D eigenvalue weighted by Gasteiger charge is 2.22. The summed E-state index contributed by atoms with van der Waals surface area (Å²) in [6.45, 7) is 4.12. The summed E-state index contributed by atoms with van der Waals surface area (Å²) >= 11 is 0. The SMILES string of the molecule is C=C1CCc2c1ccc1c2CCC1. The van der Waals surface area contributed by atoms with E-state index in [1.54, 1.807) is 16.7 Å². The van der Waals surface area contributed by atoms with Crippen LogP contribution in [0.15, 0.2) is 18.7 Å². The minimum absolute atomic E-state index is 1.19. The number of fused-ring (bicyclic) bond motifs is 3. The minimum Gasteiger partial charge on any atom is -0.0952 e. The highest BCUT2D eigenvalue weighted by atomic mass is 14.3. The molecule has 0 amide bonds. The molecule has 66 valence electrons. The van der Waals surface area contributed by atoms with Crippen LogP contribution in [0.25, 0.3) is 5.57 Å². The quantitative estimate of drug-likeness (QED) is 0.561. The maximum absolute atomic E-state index is 4.12. The first-order chi connectivity index (χ1) is 6.36. The van der Waals surface area contributed by atoms with Crippen LogP contribution in [0.4, 0.5) is 0 Å². The van der Waals surface area contributed by atoms with Crippen LogP contribution in [0.3, 0.4) is 0 Å². The molecule has 0 nitrogen and oxygen atoms in total. The second-order valence-corrected chi connectivity index (χ2v) is 4.19. The van der Waals surface area contributed by atoms with Gasteiger partial charge in [0.2, 0.25) is 0 Å². The van der Waals surface area contributed by atoms with E-state index in [-0.39, 0.29) is 0 Å². The fourth-order valence-corrected chi connectivity index (χ4v) is 2.77. The third-order valence-electron chi connectivity index (χ3n) is 3.46. The van der Waals surface area contributed by atoms with Crippen LogP contribution >= 0.6 is 0 Å². The van der Waals surface area contributed by atoms with Gasteiger partial charge in [-0.2, -0.15) is 0 Å². The first kappa shape index (κ1) is 7.37. The van der Waals surface area contributed by atoms with Gasteiger partial charge in [-0.1, -0.05) is 18.7 Å². The van der Waals surface area contributed by atoms with Gasteiger partial charge in [0.1, 0.15) is 0 Å². The van der Waals surface area contributed by atoms with Crippen molar-refractivity contribution in [1.29, 1.82) is 0 Å². The zero-order valence-electron chi connectivity index (χ0n) is 7.90. The number of hydrogen-bond donors (Lipinski definition) is 0. The molecule has 1 aromatic carbocycles. The monoisotopic (exact) mass is 170 g/mol. The second kappa shape index (κ2) is 2.47. The lowest BCUT2D eigenvalue weighted by molar-refractivity contribution is 0.904. The third-order valence-corrected chi connectivity index (χ3v) is 3.46. The minimum atomic E-state index is 1.19. The van der Waals surface area contributed by atoms with E-state index in [1.807, 2.05) is 0 Å². The van der Waals surface area contributed by atoms with E-state index in [1.165, 1.54) is 43.2 Å². The van der Waals surface area contributed by atoms with Gasteiger partial charge in [-0.05, 0) is 59.9 Å². The number of rotatable bonds is 0. The fourth-order valence-electron chi connectivity index (χ4n) is 2.77. The van der Waals surface area contributed by atoms with Gasteiger partial charge >= 0.3 is 0 Å². The Labute approximate surface area is 79.3 Å². The predicted molar refractivity (Wildman–Crippen MR) is 55.8 cm³/mol. The second-order valence-electron chi connectivity index (χ2n) is 4.19. The van der Waals surface area contributed by atoms with Gasteiger partial charge in [0, 0.05) is 0 Å². The van der Waals surface area contributed by atoms with Gasteiger partial charge in [-0.3, -0.25) is 0 Å². The Kier molecular flexibility index (Phi) is 1.40. The van der Waals surface area contributed by atoms with Crippen molar-refractivity contribution in [2.24, 2.45) is 0 Å². The molecule has 3 rings (SSSR count). The van der Waals surface area contributed by atoms with Crippen LogP contribution in [-0.2, 0) is 19.3 Å². The summed E-state index contributed by atoms with van der Waals surface area (Å²) in [6, 6.07) is 4.60. The van der Waals surface area contributed by atoms with Gasteiger partial charge < -0.3 is 0 Å².